The molecule has 1 N–H and O–H groups in total. The van der Waals surface area contributed by atoms with Gasteiger partial charge in [-0.15, -0.1) is 0 Å². The van der Waals surface area contributed by atoms with Gasteiger partial charge in [0.25, 0.3) is 0 Å². The molecule has 0 aliphatic heterocycles. The molecule has 0 fully saturated rings. The summed E-state index contributed by atoms with van der Waals surface area (Å²) in [5.74, 6) is 2.14. The smallest absolute Gasteiger partial charge is 0.129 e. The SMILES string of the molecule is COCC(C)CNc1ccnc(C)n1. The van der Waals surface area contributed by atoms with Crippen LogP contribution in [-0.4, -0.2) is 30.2 Å². The van der Waals surface area contributed by atoms with Crippen LogP contribution >= 0.6 is 0 Å². The Labute approximate surface area is 84.7 Å². The van der Waals surface area contributed by atoms with E-state index in [1.165, 1.54) is 0 Å². The largest absolute Gasteiger partial charge is 0.384 e. The van der Waals surface area contributed by atoms with E-state index in [0.29, 0.717) is 5.92 Å². The first-order chi connectivity index (χ1) is 6.72. The number of methoxy groups -OCH3 is 1. The van der Waals surface area contributed by atoms with Crippen LogP contribution in [0.25, 0.3) is 0 Å². The summed E-state index contributed by atoms with van der Waals surface area (Å²) in [6, 6.07) is 1.87. The molecule has 0 aliphatic rings. The molecule has 0 aliphatic carbocycles. The Bertz CT molecular complexity index is 278. The number of rotatable bonds is 5. The predicted octanol–water partition coefficient (Wildman–Crippen LogP) is 1.48. The molecule has 1 unspecified atom stereocenters. The molecule has 0 bridgehead atoms. The molecule has 1 atom stereocenters. The van der Waals surface area contributed by atoms with Crippen LogP contribution in [0.4, 0.5) is 5.82 Å². The zero-order valence-corrected chi connectivity index (χ0v) is 8.95. The average Bonchev–Trinajstić information content (AvgIpc) is 2.15. The quantitative estimate of drug-likeness (QED) is 0.773. The lowest BCUT2D eigenvalue weighted by molar-refractivity contribution is 0.164. The van der Waals surface area contributed by atoms with Crippen molar-refractivity contribution in [2.45, 2.75) is 13.8 Å². The van der Waals surface area contributed by atoms with Crippen LogP contribution in [0.15, 0.2) is 12.3 Å². The Morgan fingerprint density at radius 1 is 1.57 bits per heavy atom. The van der Waals surface area contributed by atoms with E-state index >= 15 is 0 Å². The second-order valence-electron chi connectivity index (χ2n) is 3.43. The van der Waals surface area contributed by atoms with Crippen LogP contribution in [0.1, 0.15) is 12.7 Å². The first-order valence-corrected chi connectivity index (χ1v) is 4.75. The summed E-state index contributed by atoms with van der Waals surface area (Å²) in [5, 5.41) is 3.24. The van der Waals surface area contributed by atoms with Crippen LogP contribution in [0.3, 0.4) is 0 Å². The average molecular weight is 195 g/mol. The Hall–Kier alpha value is -1.16. The minimum absolute atomic E-state index is 0.482. The maximum Gasteiger partial charge on any atom is 0.129 e. The third-order valence-electron chi connectivity index (χ3n) is 1.86. The summed E-state index contributed by atoms with van der Waals surface area (Å²) >= 11 is 0. The summed E-state index contributed by atoms with van der Waals surface area (Å²) in [5.41, 5.74) is 0. The predicted molar refractivity (Wildman–Crippen MR) is 56.3 cm³/mol. The van der Waals surface area contributed by atoms with E-state index in [2.05, 4.69) is 22.2 Å². The third kappa shape index (κ3) is 3.70. The number of ether oxygens (including phenoxy) is 1. The number of nitrogens with zero attached hydrogens (tertiary/aromatic N) is 2. The summed E-state index contributed by atoms with van der Waals surface area (Å²) in [7, 11) is 1.71. The molecule has 0 spiro atoms. The lowest BCUT2D eigenvalue weighted by Crippen LogP contribution is -2.16. The highest BCUT2D eigenvalue weighted by Gasteiger charge is 2.01. The highest BCUT2D eigenvalue weighted by molar-refractivity contribution is 5.32. The van der Waals surface area contributed by atoms with Crippen molar-refractivity contribution >= 4 is 5.82 Å². The second-order valence-corrected chi connectivity index (χ2v) is 3.43. The molecule has 0 saturated heterocycles. The molecule has 0 saturated carbocycles. The van der Waals surface area contributed by atoms with Gasteiger partial charge < -0.3 is 10.1 Å². The minimum Gasteiger partial charge on any atom is -0.384 e. The number of aryl methyl sites for hydroxylation is 1. The molecular formula is C10H17N3O. The van der Waals surface area contributed by atoms with Gasteiger partial charge in [0.05, 0.1) is 6.61 Å². The molecule has 4 nitrogen and oxygen atoms in total. The number of anilines is 1. The second kappa shape index (κ2) is 5.54. The van der Waals surface area contributed by atoms with E-state index in [0.717, 1.165) is 24.8 Å². The molecule has 1 heterocycles. The Balaban J connectivity index is 2.37. The van der Waals surface area contributed by atoms with Crippen LogP contribution < -0.4 is 5.32 Å². The first kappa shape index (κ1) is 10.9. The number of hydrogen-bond donors (Lipinski definition) is 1. The maximum atomic E-state index is 5.04. The fourth-order valence-electron chi connectivity index (χ4n) is 1.18. The van der Waals surface area contributed by atoms with Crippen LogP contribution in [0.2, 0.25) is 0 Å². The molecule has 0 radical (unpaired) electrons. The van der Waals surface area contributed by atoms with Gasteiger partial charge in [-0.3, -0.25) is 0 Å². The van der Waals surface area contributed by atoms with Crippen molar-refractivity contribution in [1.82, 2.24) is 9.97 Å². The van der Waals surface area contributed by atoms with Crippen molar-refractivity contribution in [3.63, 3.8) is 0 Å². The molecular weight excluding hydrogens is 178 g/mol. The standard InChI is InChI=1S/C10H17N3O/c1-8(7-14-3)6-12-10-4-5-11-9(2)13-10/h4-5,8H,6-7H2,1-3H3,(H,11,12,13). The van der Waals surface area contributed by atoms with Crippen molar-refractivity contribution in [3.8, 4) is 0 Å². The van der Waals surface area contributed by atoms with E-state index < -0.39 is 0 Å². The van der Waals surface area contributed by atoms with E-state index in [1.807, 2.05) is 13.0 Å². The van der Waals surface area contributed by atoms with Crippen LogP contribution in [0.5, 0.6) is 0 Å². The molecule has 1 aromatic heterocycles. The van der Waals surface area contributed by atoms with Gasteiger partial charge >= 0.3 is 0 Å². The monoisotopic (exact) mass is 195 g/mol. The maximum absolute atomic E-state index is 5.04. The topological polar surface area (TPSA) is 47.0 Å². The van der Waals surface area contributed by atoms with Gasteiger partial charge in [-0.1, -0.05) is 6.92 Å². The summed E-state index contributed by atoms with van der Waals surface area (Å²) in [4.78, 5) is 8.27. The summed E-state index contributed by atoms with van der Waals surface area (Å²) in [6.07, 6.45) is 1.76. The molecule has 0 aromatic carbocycles. The fourth-order valence-corrected chi connectivity index (χ4v) is 1.18. The molecule has 78 valence electrons. The van der Waals surface area contributed by atoms with Gasteiger partial charge in [0, 0.05) is 19.9 Å². The molecule has 1 aromatic rings. The molecule has 1 rings (SSSR count). The Morgan fingerprint density at radius 3 is 3.00 bits per heavy atom. The Kier molecular flexibility index (Phi) is 4.32. The molecule has 0 amide bonds. The van der Waals surface area contributed by atoms with Crippen molar-refractivity contribution in [2.75, 3.05) is 25.6 Å². The lowest BCUT2D eigenvalue weighted by atomic mass is 10.2. The van der Waals surface area contributed by atoms with Crippen LogP contribution in [-0.2, 0) is 4.74 Å². The van der Waals surface area contributed by atoms with Gasteiger partial charge in [0.15, 0.2) is 0 Å². The first-order valence-electron chi connectivity index (χ1n) is 4.75. The van der Waals surface area contributed by atoms with E-state index in [9.17, 15) is 0 Å². The Morgan fingerprint density at radius 2 is 2.36 bits per heavy atom. The highest BCUT2D eigenvalue weighted by atomic mass is 16.5. The summed E-state index contributed by atoms with van der Waals surface area (Å²) in [6.45, 7) is 5.63. The zero-order valence-electron chi connectivity index (χ0n) is 8.95. The molecule has 4 heteroatoms. The normalized spacial score (nSPS) is 12.5. The minimum atomic E-state index is 0.482. The van der Waals surface area contributed by atoms with Gasteiger partial charge in [0.1, 0.15) is 11.6 Å². The van der Waals surface area contributed by atoms with Gasteiger partial charge in [0.2, 0.25) is 0 Å². The summed E-state index contributed by atoms with van der Waals surface area (Å²) < 4.78 is 5.04. The highest BCUT2D eigenvalue weighted by Crippen LogP contribution is 2.03. The van der Waals surface area contributed by atoms with E-state index in [-0.39, 0.29) is 0 Å². The van der Waals surface area contributed by atoms with Gasteiger partial charge in [-0.05, 0) is 18.9 Å². The molecule has 14 heavy (non-hydrogen) atoms. The van der Waals surface area contributed by atoms with E-state index in [4.69, 9.17) is 4.74 Å². The fraction of sp³-hybridized carbons (Fsp3) is 0.600. The van der Waals surface area contributed by atoms with Crippen molar-refractivity contribution in [1.29, 1.82) is 0 Å². The van der Waals surface area contributed by atoms with E-state index in [1.54, 1.807) is 13.3 Å². The zero-order chi connectivity index (χ0) is 10.4. The van der Waals surface area contributed by atoms with Gasteiger partial charge in [-0.25, -0.2) is 9.97 Å². The number of aromatic nitrogens is 2. The van der Waals surface area contributed by atoms with Crippen molar-refractivity contribution in [3.05, 3.63) is 18.1 Å². The van der Waals surface area contributed by atoms with Crippen molar-refractivity contribution < 1.29 is 4.74 Å². The van der Waals surface area contributed by atoms with Crippen molar-refractivity contribution in [2.24, 2.45) is 5.92 Å². The third-order valence-corrected chi connectivity index (χ3v) is 1.86. The van der Waals surface area contributed by atoms with Crippen LogP contribution in [0, 0.1) is 12.8 Å². The van der Waals surface area contributed by atoms with Gasteiger partial charge in [-0.2, -0.15) is 0 Å². The number of nitrogens with one attached hydrogen (secondary N) is 1. The number of hydrogen-bond acceptors (Lipinski definition) is 4. The lowest BCUT2D eigenvalue weighted by Gasteiger charge is -2.11.